The van der Waals surface area contributed by atoms with Crippen molar-refractivity contribution in [1.82, 2.24) is 10.1 Å². The topological polar surface area (TPSA) is 64.9 Å². The Balaban J connectivity index is 2.12. The Bertz CT molecular complexity index is 551. The molecule has 2 aromatic rings. The molecule has 0 radical (unpaired) electrons. The number of rotatable bonds is 4. The van der Waals surface area contributed by atoms with Crippen LogP contribution in [0, 0.1) is 0 Å². The molecule has 102 valence electrons. The zero-order valence-electron chi connectivity index (χ0n) is 9.94. The van der Waals surface area contributed by atoms with Gasteiger partial charge in [0.05, 0.1) is 6.42 Å². The van der Waals surface area contributed by atoms with Crippen molar-refractivity contribution >= 4 is 0 Å². The molecule has 0 aliphatic rings. The Morgan fingerprint density at radius 1 is 1.16 bits per heavy atom. The van der Waals surface area contributed by atoms with E-state index in [1.165, 1.54) is 0 Å². The minimum atomic E-state index is -4.34. The molecule has 1 aromatic heterocycles. The first-order valence-corrected chi connectivity index (χ1v) is 5.63. The van der Waals surface area contributed by atoms with Gasteiger partial charge in [0.25, 0.3) is 0 Å². The second-order valence-corrected chi connectivity index (χ2v) is 4.05. The number of nitrogens with two attached hydrogens (primary N) is 1. The molecule has 19 heavy (non-hydrogen) atoms. The molecule has 4 nitrogen and oxygen atoms in total. The minimum Gasteiger partial charge on any atom is -0.339 e. The van der Waals surface area contributed by atoms with E-state index in [0.717, 1.165) is 11.1 Å². The molecule has 1 aromatic carbocycles. The highest BCUT2D eigenvalue weighted by Crippen LogP contribution is 2.20. The SMILES string of the molecule is NCc1ccccc1Cc1nc(CC(F)(F)F)no1. The summed E-state index contributed by atoms with van der Waals surface area (Å²) in [5.74, 6) is -0.201. The monoisotopic (exact) mass is 271 g/mol. The van der Waals surface area contributed by atoms with Crippen molar-refractivity contribution in [1.29, 1.82) is 0 Å². The van der Waals surface area contributed by atoms with Gasteiger partial charge in [-0.1, -0.05) is 29.4 Å². The molecule has 0 saturated heterocycles. The Labute approximate surface area is 107 Å². The highest BCUT2D eigenvalue weighted by Gasteiger charge is 2.30. The summed E-state index contributed by atoms with van der Waals surface area (Å²) < 4.78 is 41.3. The molecular formula is C12H12F3N3O. The molecule has 0 unspecified atom stereocenters. The molecule has 0 aliphatic heterocycles. The summed E-state index contributed by atoms with van der Waals surface area (Å²) in [6.45, 7) is 0.347. The molecule has 0 atom stereocenters. The minimum absolute atomic E-state index is 0.153. The zero-order valence-corrected chi connectivity index (χ0v) is 9.94. The van der Waals surface area contributed by atoms with E-state index < -0.39 is 12.6 Å². The third kappa shape index (κ3) is 3.78. The van der Waals surface area contributed by atoms with Gasteiger partial charge in [0.15, 0.2) is 5.82 Å². The largest absolute Gasteiger partial charge is 0.396 e. The van der Waals surface area contributed by atoms with Crippen molar-refractivity contribution in [2.45, 2.75) is 25.6 Å². The summed E-state index contributed by atoms with van der Waals surface area (Å²) in [4.78, 5) is 3.73. The van der Waals surface area contributed by atoms with Gasteiger partial charge in [-0.15, -0.1) is 0 Å². The summed E-state index contributed by atoms with van der Waals surface area (Å²) in [6, 6.07) is 7.34. The van der Waals surface area contributed by atoms with Crippen LogP contribution in [-0.4, -0.2) is 16.3 Å². The maximum atomic E-state index is 12.2. The second kappa shape index (κ2) is 5.40. The summed E-state index contributed by atoms with van der Waals surface area (Å²) in [6.07, 6.45) is -5.25. The fourth-order valence-corrected chi connectivity index (χ4v) is 1.71. The van der Waals surface area contributed by atoms with Gasteiger partial charge in [-0.3, -0.25) is 0 Å². The molecular weight excluding hydrogens is 259 g/mol. The average molecular weight is 271 g/mol. The van der Waals surface area contributed by atoms with Gasteiger partial charge in [0.1, 0.15) is 6.42 Å². The average Bonchev–Trinajstić information content (AvgIpc) is 2.75. The summed E-state index contributed by atoms with van der Waals surface area (Å²) in [5, 5.41) is 3.32. The lowest BCUT2D eigenvalue weighted by Gasteiger charge is -2.04. The molecule has 0 bridgehead atoms. The quantitative estimate of drug-likeness (QED) is 0.926. The number of alkyl halides is 3. The van der Waals surface area contributed by atoms with Gasteiger partial charge in [-0.25, -0.2) is 0 Å². The number of benzene rings is 1. The van der Waals surface area contributed by atoms with E-state index in [9.17, 15) is 13.2 Å². The van der Waals surface area contributed by atoms with Crippen LogP contribution >= 0.6 is 0 Å². The Morgan fingerprint density at radius 3 is 2.47 bits per heavy atom. The van der Waals surface area contributed by atoms with Crippen LogP contribution in [0.25, 0.3) is 0 Å². The maximum absolute atomic E-state index is 12.2. The number of nitrogens with zero attached hydrogens (tertiary/aromatic N) is 2. The lowest BCUT2D eigenvalue weighted by molar-refractivity contribution is -0.128. The Morgan fingerprint density at radius 2 is 1.84 bits per heavy atom. The standard InChI is InChI=1S/C12H12F3N3O/c13-12(14,15)6-10-17-11(19-18-10)5-8-3-1-2-4-9(8)7-16/h1-4H,5-7,16H2. The van der Waals surface area contributed by atoms with Crippen molar-refractivity contribution < 1.29 is 17.7 Å². The number of hydrogen-bond acceptors (Lipinski definition) is 4. The smallest absolute Gasteiger partial charge is 0.339 e. The normalized spacial score (nSPS) is 11.8. The lowest BCUT2D eigenvalue weighted by atomic mass is 10.0. The molecule has 0 fully saturated rings. The van der Waals surface area contributed by atoms with Crippen molar-refractivity contribution in [2.24, 2.45) is 5.73 Å². The highest BCUT2D eigenvalue weighted by molar-refractivity contribution is 5.28. The fourth-order valence-electron chi connectivity index (χ4n) is 1.71. The first kappa shape index (κ1) is 13.5. The summed E-state index contributed by atoms with van der Waals surface area (Å²) in [5.41, 5.74) is 7.35. The predicted octanol–water partition coefficient (Wildman–Crippen LogP) is 2.22. The number of aromatic nitrogens is 2. The van der Waals surface area contributed by atoms with Crippen LogP contribution in [-0.2, 0) is 19.4 Å². The molecule has 2 N–H and O–H groups in total. The van der Waals surface area contributed by atoms with Crippen molar-refractivity contribution in [2.75, 3.05) is 0 Å². The predicted molar refractivity (Wildman–Crippen MR) is 61.2 cm³/mol. The molecule has 0 amide bonds. The molecule has 0 saturated carbocycles. The van der Waals surface area contributed by atoms with Crippen LogP contribution in [0.1, 0.15) is 22.8 Å². The molecule has 0 aliphatic carbocycles. The van der Waals surface area contributed by atoms with Crippen molar-refractivity contribution in [3.05, 3.63) is 47.1 Å². The van der Waals surface area contributed by atoms with Crippen LogP contribution in [0.4, 0.5) is 13.2 Å². The van der Waals surface area contributed by atoms with E-state index >= 15 is 0 Å². The van der Waals surface area contributed by atoms with Crippen LogP contribution < -0.4 is 5.73 Å². The van der Waals surface area contributed by atoms with E-state index in [4.69, 9.17) is 10.3 Å². The third-order valence-electron chi connectivity index (χ3n) is 2.55. The van der Waals surface area contributed by atoms with Crippen LogP contribution in [0.2, 0.25) is 0 Å². The molecule has 7 heteroatoms. The first-order chi connectivity index (χ1) is 8.98. The summed E-state index contributed by atoms with van der Waals surface area (Å²) in [7, 11) is 0. The van der Waals surface area contributed by atoms with Crippen molar-refractivity contribution in [3.8, 4) is 0 Å². The highest BCUT2D eigenvalue weighted by atomic mass is 19.4. The van der Waals surface area contributed by atoms with Crippen molar-refractivity contribution in [3.63, 3.8) is 0 Å². The van der Waals surface area contributed by atoms with E-state index in [1.807, 2.05) is 24.3 Å². The first-order valence-electron chi connectivity index (χ1n) is 5.63. The van der Waals surface area contributed by atoms with Gasteiger partial charge in [0.2, 0.25) is 5.89 Å². The number of hydrogen-bond donors (Lipinski definition) is 1. The zero-order chi connectivity index (χ0) is 13.9. The van der Waals surface area contributed by atoms with Crippen LogP contribution in [0.5, 0.6) is 0 Å². The van der Waals surface area contributed by atoms with Gasteiger partial charge >= 0.3 is 6.18 Å². The van der Waals surface area contributed by atoms with E-state index in [-0.39, 0.29) is 18.1 Å². The van der Waals surface area contributed by atoms with Gasteiger partial charge in [-0.05, 0) is 11.1 Å². The van der Waals surface area contributed by atoms with Gasteiger partial charge in [-0.2, -0.15) is 18.2 Å². The van der Waals surface area contributed by atoms with E-state index in [0.29, 0.717) is 6.54 Å². The fraction of sp³-hybridized carbons (Fsp3) is 0.333. The Kier molecular flexibility index (Phi) is 3.84. The number of halogens is 3. The summed E-state index contributed by atoms with van der Waals surface area (Å²) >= 11 is 0. The third-order valence-corrected chi connectivity index (χ3v) is 2.55. The van der Waals surface area contributed by atoms with Crippen LogP contribution in [0.15, 0.2) is 28.8 Å². The van der Waals surface area contributed by atoms with E-state index in [1.54, 1.807) is 0 Å². The maximum Gasteiger partial charge on any atom is 0.396 e. The van der Waals surface area contributed by atoms with Gasteiger partial charge in [0, 0.05) is 6.54 Å². The van der Waals surface area contributed by atoms with E-state index in [2.05, 4.69) is 10.1 Å². The molecule has 0 spiro atoms. The molecule has 1 heterocycles. The molecule has 2 rings (SSSR count). The second-order valence-electron chi connectivity index (χ2n) is 4.05. The van der Waals surface area contributed by atoms with Gasteiger partial charge < -0.3 is 10.3 Å². The van der Waals surface area contributed by atoms with Crippen LogP contribution in [0.3, 0.4) is 0 Å². The Hall–Kier alpha value is -1.89. The lowest BCUT2D eigenvalue weighted by Crippen LogP contribution is -2.12.